The van der Waals surface area contributed by atoms with Crippen molar-refractivity contribution in [1.29, 1.82) is 0 Å². The molecule has 0 aliphatic rings. The Kier molecular flexibility index (Phi) is 4.89. The van der Waals surface area contributed by atoms with E-state index in [1.165, 1.54) is 0 Å². The molecule has 1 aromatic carbocycles. The van der Waals surface area contributed by atoms with E-state index in [0.717, 1.165) is 5.69 Å². The quantitative estimate of drug-likeness (QED) is 0.871. The van der Waals surface area contributed by atoms with E-state index in [2.05, 4.69) is 0 Å². The maximum absolute atomic E-state index is 12.3. The van der Waals surface area contributed by atoms with Gasteiger partial charge in [0.05, 0.1) is 5.92 Å². The monoisotopic (exact) mass is 249 g/mol. The maximum Gasteiger partial charge on any atom is 0.307 e. The fourth-order valence-corrected chi connectivity index (χ4v) is 1.75. The van der Waals surface area contributed by atoms with Gasteiger partial charge in [-0.2, -0.15) is 0 Å². The lowest BCUT2D eigenvalue weighted by Crippen LogP contribution is -2.39. The molecular weight excluding hydrogens is 230 g/mol. The van der Waals surface area contributed by atoms with Gasteiger partial charge in [0.25, 0.3) is 0 Å². The highest BCUT2D eigenvalue weighted by Gasteiger charge is 2.29. The van der Waals surface area contributed by atoms with Crippen LogP contribution in [-0.2, 0) is 9.59 Å². The fourth-order valence-electron chi connectivity index (χ4n) is 1.75. The lowest BCUT2D eigenvalue weighted by Gasteiger charge is -2.26. The number of carbonyl (C=O) groups excluding carboxylic acids is 1. The highest BCUT2D eigenvalue weighted by molar-refractivity contribution is 5.96. The van der Waals surface area contributed by atoms with Gasteiger partial charge in [0.1, 0.15) is 0 Å². The van der Waals surface area contributed by atoms with Crippen LogP contribution in [-0.4, -0.2) is 23.5 Å². The van der Waals surface area contributed by atoms with Gasteiger partial charge in [-0.3, -0.25) is 9.59 Å². The topological polar surface area (TPSA) is 57.6 Å². The molecule has 0 fully saturated rings. The minimum atomic E-state index is -0.944. The first-order chi connectivity index (χ1) is 8.49. The molecule has 18 heavy (non-hydrogen) atoms. The summed E-state index contributed by atoms with van der Waals surface area (Å²) in [5.74, 6) is -2.32. The summed E-state index contributed by atoms with van der Waals surface area (Å²) in [7, 11) is 0. The largest absolute Gasteiger partial charge is 0.481 e. The zero-order chi connectivity index (χ0) is 13.7. The second-order valence-corrected chi connectivity index (χ2v) is 4.33. The Labute approximate surface area is 107 Å². The van der Waals surface area contributed by atoms with Crippen molar-refractivity contribution < 1.29 is 14.7 Å². The number of amides is 1. The summed E-state index contributed by atoms with van der Waals surface area (Å²) in [6.45, 7) is 5.62. The van der Waals surface area contributed by atoms with Crippen molar-refractivity contribution in [1.82, 2.24) is 0 Å². The van der Waals surface area contributed by atoms with Crippen LogP contribution in [0.15, 0.2) is 30.3 Å². The highest BCUT2D eigenvalue weighted by Crippen LogP contribution is 2.20. The Hall–Kier alpha value is -1.84. The maximum atomic E-state index is 12.3. The van der Waals surface area contributed by atoms with E-state index in [1.807, 2.05) is 37.3 Å². The molecule has 0 aliphatic heterocycles. The van der Waals surface area contributed by atoms with Crippen LogP contribution in [0, 0.1) is 11.8 Å². The van der Waals surface area contributed by atoms with Crippen LogP contribution in [0.3, 0.4) is 0 Å². The van der Waals surface area contributed by atoms with Crippen molar-refractivity contribution in [3.05, 3.63) is 30.3 Å². The van der Waals surface area contributed by atoms with E-state index in [4.69, 9.17) is 5.11 Å². The van der Waals surface area contributed by atoms with Crippen molar-refractivity contribution in [2.75, 3.05) is 11.4 Å². The molecule has 0 saturated carbocycles. The zero-order valence-electron chi connectivity index (χ0n) is 11.0. The van der Waals surface area contributed by atoms with E-state index in [1.54, 1.807) is 18.7 Å². The standard InChI is InChI=1S/C14H19NO3/c1-4-15(12-8-6-5-7-9-12)13(16)10(2)11(3)14(17)18/h5-11H,4H2,1-3H3,(H,17,18). The number of aliphatic carboxylic acids is 1. The average Bonchev–Trinajstić information content (AvgIpc) is 2.38. The van der Waals surface area contributed by atoms with E-state index >= 15 is 0 Å². The van der Waals surface area contributed by atoms with Gasteiger partial charge in [-0.15, -0.1) is 0 Å². The van der Waals surface area contributed by atoms with Crippen LogP contribution >= 0.6 is 0 Å². The summed E-state index contributed by atoms with van der Waals surface area (Å²) in [6, 6.07) is 9.29. The molecule has 0 aromatic heterocycles. The SMILES string of the molecule is CCN(C(=O)C(C)C(C)C(=O)O)c1ccccc1. The normalized spacial score (nSPS) is 13.7. The minimum absolute atomic E-state index is 0.154. The molecule has 0 heterocycles. The van der Waals surface area contributed by atoms with Gasteiger partial charge in [0, 0.05) is 18.2 Å². The molecule has 1 aromatic rings. The van der Waals surface area contributed by atoms with Crippen molar-refractivity contribution in [3.8, 4) is 0 Å². The number of hydrogen-bond acceptors (Lipinski definition) is 2. The number of carboxylic acid groups (broad SMARTS) is 1. The fraction of sp³-hybridized carbons (Fsp3) is 0.429. The summed E-state index contributed by atoms with van der Waals surface area (Å²) in [5, 5.41) is 8.96. The summed E-state index contributed by atoms with van der Waals surface area (Å²) >= 11 is 0. The molecular formula is C14H19NO3. The zero-order valence-corrected chi connectivity index (χ0v) is 11.0. The van der Waals surface area contributed by atoms with Crippen LogP contribution in [0.1, 0.15) is 20.8 Å². The lowest BCUT2D eigenvalue weighted by molar-refractivity contribution is -0.145. The van der Waals surface area contributed by atoms with E-state index < -0.39 is 17.8 Å². The van der Waals surface area contributed by atoms with Gasteiger partial charge >= 0.3 is 5.97 Å². The van der Waals surface area contributed by atoms with Crippen molar-refractivity contribution in [2.24, 2.45) is 11.8 Å². The predicted octanol–water partition coefficient (Wildman–Crippen LogP) is 2.40. The molecule has 1 N–H and O–H groups in total. The first kappa shape index (κ1) is 14.2. The molecule has 0 bridgehead atoms. The molecule has 98 valence electrons. The molecule has 0 aliphatic carbocycles. The van der Waals surface area contributed by atoms with E-state index in [9.17, 15) is 9.59 Å². The summed E-state index contributed by atoms with van der Waals surface area (Å²) in [6.07, 6.45) is 0. The number of hydrogen-bond donors (Lipinski definition) is 1. The summed E-state index contributed by atoms with van der Waals surface area (Å²) < 4.78 is 0. The first-order valence-electron chi connectivity index (χ1n) is 6.08. The van der Waals surface area contributed by atoms with Gasteiger partial charge in [-0.25, -0.2) is 0 Å². The lowest BCUT2D eigenvalue weighted by atomic mass is 9.94. The van der Waals surface area contributed by atoms with Crippen molar-refractivity contribution >= 4 is 17.6 Å². The Bertz CT molecular complexity index is 416. The number of benzene rings is 1. The second-order valence-electron chi connectivity index (χ2n) is 4.33. The molecule has 1 amide bonds. The van der Waals surface area contributed by atoms with Crippen molar-refractivity contribution in [3.63, 3.8) is 0 Å². The molecule has 1 rings (SSSR count). The molecule has 4 nitrogen and oxygen atoms in total. The van der Waals surface area contributed by atoms with Gasteiger partial charge in [-0.05, 0) is 19.1 Å². The molecule has 0 radical (unpaired) electrons. The third-order valence-electron chi connectivity index (χ3n) is 3.18. The Morgan fingerprint density at radius 2 is 1.72 bits per heavy atom. The van der Waals surface area contributed by atoms with Crippen molar-refractivity contribution in [2.45, 2.75) is 20.8 Å². The number of nitrogens with zero attached hydrogens (tertiary/aromatic N) is 1. The van der Waals surface area contributed by atoms with Gasteiger partial charge < -0.3 is 10.0 Å². The predicted molar refractivity (Wildman–Crippen MR) is 70.4 cm³/mol. The molecule has 4 heteroatoms. The molecule has 2 atom stereocenters. The smallest absolute Gasteiger partial charge is 0.307 e. The van der Waals surface area contributed by atoms with Crippen LogP contribution in [0.4, 0.5) is 5.69 Å². The summed E-state index contributed by atoms with van der Waals surface area (Å²) in [5.41, 5.74) is 0.800. The van der Waals surface area contributed by atoms with Crippen LogP contribution in [0.2, 0.25) is 0 Å². The number of carboxylic acids is 1. The van der Waals surface area contributed by atoms with Crippen LogP contribution in [0.25, 0.3) is 0 Å². The highest BCUT2D eigenvalue weighted by atomic mass is 16.4. The van der Waals surface area contributed by atoms with Gasteiger partial charge in [0.2, 0.25) is 5.91 Å². The number of anilines is 1. The minimum Gasteiger partial charge on any atom is -0.481 e. The van der Waals surface area contributed by atoms with Crippen LogP contribution in [0.5, 0.6) is 0 Å². The Morgan fingerprint density at radius 1 is 1.17 bits per heavy atom. The second kappa shape index (κ2) is 6.19. The number of carbonyl (C=O) groups is 2. The number of rotatable bonds is 5. The van der Waals surface area contributed by atoms with Crippen LogP contribution < -0.4 is 4.90 Å². The molecule has 0 saturated heterocycles. The first-order valence-corrected chi connectivity index (χ1v) is 6.08. The average molecular weight is 249 g/mol. The Balaban J connectivity index is 2.90. The third kappa shape index (κ3) is 3.09. The van der Waals surface area contributed by atoms with E-state index in [0.29, 0.717) is 6.54 Å². The third-order valence-corrected chi connectivity index (χ3v) is 3.18. The summed E-state index contributed by atoms with van der Waals surface area (Å²) in [4.78, 5) is 24.8. The van der Waals surface area contributed by atoms with E-state index in [-0.39, 0.29) is 5.91 Å². The van der Waals surface area contributed by atoms with Gasteiger partial charge in [0.15, 0.2) is 0 Å². The molecule has 2 unspecified atom stereocenters. The van der Waals surface area contributed by atoms with Gasteiger partial charge in [-0.1, -0.05) is 32.0 Å². The molecule has 0 spiro atoms. The Morgan fingerprint density at radius 3 is 2.17 bits per heavy atom. The number of para-hydroxylation sites is 1.